The molecule has 2 atom stereocenters. The highest BCUT2D eigenvalue weighted by molar-refractivity contribution is 4.86. The maximum Gasteiger partial charge on any atom is 0.106 e. The van der Waals surface area contributed by atoms with Crippen LogP contribution in [0.2, 0.25) is 0 Å². The van der Waals surface area contributed by atoms with Crippen LogP contribution in [-0.2, 0) is 0 Å². The van der Waals surface area contributed by atoms with Crippen LogP contribution in [-0.4, -0.2) is 33.6 Å². The van der Waals surface area contributed by atoms with Gasteiger partial charge in [-0.25, -0.2) is 0 Å². The summed E-state index contributed by atoms with van der Waals surface area (Å²) in [5.41, 5.74) is -1.10. The Labute approximate surface area is 150 Å². The van der Waals surface area contributed by atoms with Crippen molar-refractivity contribution in [3.63, 3.8) is 0 Å². The molecular formula is C21H44O3. The van der Waals surface area contributed by atoms with Gasteiger partial charge in [-0.3, -0.25) is 0 Å². The van der Waals surface area contributed by atoms with E-state index < -0.39 is 11.7 Å². The molecule has 0 saturated heterocycles. The van der Waals surface area contributed by atoms with E-state index in [2.05, 4.69) is 13.8 Å². The largest absolute Gasteiger partial charge is 0.394 e. The monoisotopic (exact) mass is 344 g/mol. The molecule has 3 N–H and O–H groups in total. The fraction of sp³-hybridized carbons (Fsp3) is 1.00. The number of aliphatic hydroxyl groups is 3. The average Bonchev–Trinajstić information content (AvgIpc) is 2.59. The molecule has 0 rings (SSSR count). The molecule has 0 amide bonds. The molecule has 0 aliphatic heterocycles. The summed E-state index contributed by atoms with van der Waals surface area (Å²) in [6, 6.07) is 0. The second-order valence-corrected chi connectivity index (χ2v) is 7.54. The highest BCUT2D eigenvalue weighted by Gasteiger charge is 2.33. The minimum atomic E-state index is -1.10. The van der Waals surface area contributed by atoms with E-state index >= 15 is 0 Å². The Hall–Kier alpha value is -0.120. The van der Waals surface area contributed by atoms with E-state index in [9.17, 15) is 15.3 Å². The van der Waals surface area contributed by atoms with E-state index in [4.69, 9.17) is 0 Å². The Kier molecular flexibility index (Phi) is 16.3. The van der Waals surface area contributed by atoms with Crippen molar-refractivity contribution in [1.82, 2.24) is 0 Å². The molecule has 0 aliphatic rings. The highest BCUT2D eigenvalue weighted by atomic mass is 16.4. The van der Waals surface area contributed by atoms with Crippen LogP contribution < -0.4 is 0 Å². The van der Waals surface area contributed by atoms with Gasteiger partial charge in [0.25, 0.3) is 0 Å². The van der Waals surface area contributed by atoms with Gasteiger partial charge in [0.05, 0.1) is 12.2 Å². The molecule has 0 aromatic rings. The second-order valence-electron chi connectivity index (χ2n) is 7.54. The summed E-state index contributed by atoms with van der Waals surface area (Å²) in [5, 5.41) is 30.0. The lowest BCUT2D eigenvalue weighted by Gasteiger charge is -2.32. The molecule has 0 aromatic carbocycles. The molecule has 0 spiro atoms. The van der Waals surface area contributed by atoms with E-state index in [1.165, 1.54) is 64.2 Å². The minimum Gasteiger partial charge on any atom is -0.394 e. The zero-order valence-electron chi connectivity index (χ0n) is 16.4. The highest BCUT2D eigenvalue weighted by Crippen LogP contribution is 2.27. The molecule has 0 aromatic heterocycles. The second kappa shape index (κ2) is 16.4. The van der Waals surface area contributed by atoms with E-state index in [1.807, 2.05) is 0 Å². The molecule has 0 heterocycles. The van der Waals surface area contributed by atoms with Gasteiger partial charge in [0.1, 0.15) is 6.10 Å². The van der Waals surface area contributed by atoms with E-state index in [0.717, 1.165) is 25.7 Å². The normalized spacial score (nSPS) is 15.4. The van der Waals surface area contributed by atoms with Gasteiger partial charge in [0, 0.05) is 0 Å². The Balaban J connectivity index is 3.89. The predicted molar refractivity (Wildman–Crippen MR) is 103 cm³/mol. The first-order chi connectivity index (χ1) is 11.6. The van der Waals surface area contributed by atoms with Crippen molar-refractivity contribution in [2.24, 2.45) is 0 Å². The quantitative estimate of drug-likeness (QED) is 0.294. The van der Waals surface area contributed by atoms with Crippen LogP contribution >= 0.6 is 0 Å². The maximum absolute atomic E-state index is 10.7. The van der Waals surface area contributed by atoms with Gasteiger partial charge in [-0.15, -0.1) is 0 Å². The van der Waals surface area contributed by atoms with Crippen molar-refractivity contribution >= 4 is 0 Å². The zero-order valence-corrected chi connectivity index (χ0v) is 16.4. The van der Waals surface area contributed by atoms with Crippen LogP contribution in [0.25, 0.3) is 0 Å². The Morgan fingerprint density at radius 2 is 0.958 bits per heavy atom. The van der Waals surface area contributed by atoms with Crippen LogP contribution in [0.15, 0.2) is 0 Å². The Bertz CT molecular complexity index is 257. The third kappa shape index (κ3) is 12.3. The van der Waals surface area contributed by atoms with Gasteiger partial charge >= 0.3 is 0 Å². The number of hydrogen-bond acceptors (Lipinski definition) is 3. The fourth-order valence-corrected chi connectivity index (χ4v) is 3.40. The third-order valence-electron chi connectivity index (χ3n) is 5.22. The molecule has 0 radical (unpaired) electrons. The first-order valence-electron chi connectivity index (χ1n) is 10.6. The van der Waals surface area contributed by atoms with Gasteiger partial charge in [-0.1, -0.05) is 104 Å². The van der Waals surface area contributed by atoms with Crippen LogP contribution in [0.4, 0.5) is 0 Å². The van der Waals surface area contributed by atoms with E-state index in [-0.39, 0.29) is 6.61 Å². The van der Waals surface area contributed by atoms with Crippen LogP contribution in [0.1, 0.15) is 117 Å². The Morgan fingerprint density at radius 3 is 1.29 bits per heavy atom. The number of rotatable bonds is 18. The van der Waals surface area contributed by atoms with Crippen molar-refractivity contribution in [1.29, 1.82) is 0 Å². The number of unbranched alkanes of at least 4 members (excludes halogenated alkanes) is 12. The first kappa shape index (κ1) is 23.9. The summed E-state index contributed by atoms with van der Waals surface area (Å²) in [4.78, 5) is 0. The molecule has 0 aliphatic carbocycles. The van der Waals surface area contributed by atoms with Crippen molar-refractivity contribution in [2.75, 3.05) is 6.61 Å². The molecule has 0 fully saturated rings. The maximum atomic E-state index is 10.7. The lowest BCUT2D eigenvalue weighted by atomic mass is 9.85. The van der Waals surface area contributed by atoms with Gasteiger partial charge in [-0.05, 0) is 12.8 Å². The van der Waals surface area contributed by atoms with E-state index in [0.29, 0.717) is 12.8 Å². The van der Waals surface area contributed by atoms with Gasteiger partial charge < -0.3 is 15.3 Å². The summed E-state index contributed by atoms with van der Waals surface area (Å²) in [6.45, 7) is 4.10. The molecule has 146 valence electrons. The molecule has 3 nitrogen and oxygen atoms in total. The molecule has 0 bridgehead atoms. The first-order valence-corrected chi connectivity index (χ1v) is 10.6. The molecular weight excluding hydrogens is 300 g/mol. The average molecular weight is 345 g/mol. The van der Waals surface area contributed by atoms with Gasteiger partial charge in [0.15, 0.2) is 0 Å². The van der Waals surface area contributed by atoms with E-state index in [1.54, 1.807) is 0 Å². The van der Waals surface area contributed by atoms with Crippen LogP contribution in [0.5, 0.6) is 0 Å². The SMILES string of the molecule is CCCCCCCCCCC(O)(CCCCCCCC)C(O)CO. The summed E-state index contributed by atoms with van der Waals surface area (Å²) >= 11 is 0. The number of aliphatic hydroxyl groups excluding tert-OH is 2. The smallest absolute Gasteiger partial charge is 0.106 e. The van der Waals surface area contributed by atoms with Crippen molar-refractivity contribution in [2.45, 2.75) is 128 Å². The summed E-state index contributed by atoms with van der Waals surface area (Å²) < 4.78 is 0. The van der Waals surface area contributed by atoms with Crippen molar-refractivity contribution in [3.8, 4) is 0 Å². The Morgan fingerprint density at radius 1 is 0.625 bits per heavy atom. The lowest BCUT2D eigenvalue weighted by Crippen LogP contribution is -2.44. The van der Waals surface area contributed by atoms with Crippen molar-refractivity contribution < 1.29 is 15.3 Å². The molecule has 2 unspecified atom stereocenters. The van der Waals surface area contributed by atoms with Gasteiger partial charge in [-0.2, -0.15) is 0 Å². The summed E-state index contributed by atoms with van der Waals surface area (Å²) in [7, 11) is 0. The summed E-state index contributed by atoms with van der Waals surface area (Å²) in [5.74, 6) is 0. The van der Waals surface area contributed by atoms with Gasteiger partial charge in [0.2, 0.25) is 0 Å². The zero-order chi connectivity index (χ0) is 18.1. The topological polar surface area (TPSA) is 60.7 Å². The van der Waals surface area contributed by atoms with Crippen LogP contribution in [0, 0.1) is 0 Å². The number of hydrogen-bond donors (Lipinski definition) is 3. The third-order valence-corrected chi connectivity index (χ3v) is 5.22. The fourth-order valence-electron chi connectivity index (χ4n) is 3.40. The molecule has 24 heavy (non-hydrogen) atoms. The van der Waals surface area contributed by atoms with Crippen LogP contribution in [0.3, 0.4) is 0 Å². The molecule has 3 heteroatoms. The lowest BCUT2D eigenvalue weighted by molar-refractivity contribution is -0.106. The molecule has 0 saturated carbocycles. The summed E-state index contributed by atoms with van der Waals surface area (Å²) in [6.07, 6.45) is 17.1. The standard InChI is InChI=1S/C21H44O3/c1-3-5-7-9-11-12-14-16-18-21(24,20(23)19-22)17-15-13-10-8-6-4-2/h20,22-24H,3-19H2,1-2H3. The minimum absolute atomic E-state index is 0.344. The predicted octanol–water partition coefficient (Wildman–Crippen LogP) is 5.35. The van der Waals surface area contributed by atoms with Crippen molar-refractivity contribution in [3.05, 3.63) is 0 Å².